The number of nitrogens with zero attached hydrogens (tertiary/aromatic N) is 2. The Labute approximate surface area is 188 Å². The van der Waals surface area contributed by atoms with Crippen LogP contribution in [0.15, 0.2) is 48.5 Å². The number of imide groups is 1. The summed E-state index contributed by atoms with van der Waals surface area (Å²) in [6, 6.07) is 15.7. The summed E-state index contributed by atoms with van der Waals surface area (Å²) in [7, 11) is 0. The van der Waals surface area contributed by atoms with Crippen LogP contribution in [0.2, 0.25) is 0 Å². The van der Waals surface area contributed by atoms with E-state index in [-0.39, 0.29) is 29.6 Å². The van der Waals surface area contributed by atoms with Crippen molar-refractivity contribution in [3.8, 4) is 0 Å². The Kier molecular flexibility index (Phi) is 4.49. The zero-order chi connectivity index (χ0) is 22.0. The van der Waals surface area contributed by atoms with Gasteiger partial charge in [-0.3, -0.25) is 19.3 Å². The largest absolute Gasteiger partial charge is 0.341 e. The number of likely N-dealkylation sites (tertiary alicyclic amines) is 2. The van der Waals surface area contributed by atoms with E-state index in [4.69, 9.17) is 0 Å². The van der Waals surface area contributed by atoms with Crippen molar-refractivity contribution in [2.45, 2.75) is 50.5 Å². The lowest BCUT2D eigenvalue weighted by Crippen LogP contribution is -2.50. The molecule has 3 aliphatic carbocycles. The molecule has 2 fully saturated rings. The minimum absolute atomic E-state index is 0.0883. The van der Waals surface area contributed by atoms with Crippen LogP contribution in [0.5, 0.6) is 0 Å². The number of carbonyl (C=O) groups excluding carboxylic acids is 3. The van der Waals surface area contributed by atoms with Crippen molar-refractivity contribution in [3.05, 3.63) is 70.8 Å². The molecular weight excluding hydrogens is 400 g/mol. The van der Waals surface area contributed by atoms with Gasteiger partial charge in [-0.1, -0.05) is 61.4 Å². The van der Waals surface area contributed by atoms with Gasteiger partial charge in [0, 0.05) is 24.9 Å². The average molecular weight is 429 g/mol. The van der Waals surface area contributed by atoms with Crippen molar-refractivity contribution in [1.29, 1.82) is 0 Å². The van der Waals surface area contributed by atoms with E-state index in [0.29, 0.717) is 13.1 Å². The normalized spacial score (nSPS) is 29.3. The van der Waals surface area contributed by atoms with Crippen molar-refractivity contribution in [3.63, 3.8) is 0 Å². The standard InChI is InChI=1S/C27H28N2O3/c1-16(25(30)28-14-8-2-3-9-15-28)29-26(31)23-21-17-10-4-5-11-18(17)22(24(23)27(29)32)20-13-7-6-12-19(20)21/h4-7,10-13,16,21-24H,2-3,8-9,14-15H2,1H3/t16-,21?,22?,23+,24+/m1/s1. The molecule has 2 aromatic carbocycles. The van der Waals surface area contributed by atoms with Crippen molar-refractivity contribution in [1.82, 2.24) is 9.80 Å². The van der Waals surface area contributed by atoms with Gasteiger partial charge in [-0.15, -0.1) is 0 Å². The van der Waals surface area contributed by atoms with E-state index < -0.39 is 17.9 Å². The number of benzene rings is 2. The summed E-state index contributed by atoms with van der Waals surface area (Å²) < 4.78 is 0. The second kappa shape index (κ2) is 7.29. The van der Waals surface area contributed by atoms with Crippen LogP contribution in [-0.2, 0) is 14.4 Å². The molecule has 5 aliphatic rings. The predicted octanol–water partition coefficient (Wildman–Crippen LogP) is 3.67. The first-order valence-electron chi connectivity index (χ1n) is 11.9. The van der Waals surface area contributed by atoms with Crippen molar-refractivity contribution in [2.75, 3.05) is 13.1 Å². The lowest BCUT2D eigenvalue weighted by molar-refractivity contribution is -0.151. The molecule has 2 heterocycles. The Hall–Kier alpha value is -2.95. The van der Waals surface area contributed by atoms with E-state index in [9.17, 15) is 14.4 Å². The molecule has 0 saturated carbocycles. The van der Waals surface area contributed by atoms with E-state index in [1.165, 1.54) is 4.90 Å². The molecule has 0 radical (unpaired) electrons. The van der Waals surface area contributed by atoms with E-state index in [2.05, 4.69) is 24.3 Å². The maximum absolute atomic E-state index is 13.8. The molecule has 164 valence electrons. The summed E-state index contributed by atoms with van der Waals surface area (Å²) in [6.45, 7) is 3.17. The molecule has 0 aromatic heterocycles. The summed E-state index contributed by atoms with van der Waals surface area (Å²) in [5.41, 5.74) is 4.64. The molecule has 3 amide bonds. The zero-order valence-electron chi connectivity index (χ0n) is 18.4. The van der Waals surface area contributed by atoms with Gasteiger partial charge in [-0.2, -0.15) is 0 Å². The third-order valence-electron chi connectivity index (χ3n) is 8.14. The highest BCUT2D eigenvalue weighted by Gasteiger charge is 2.62. The number of rotatable bonds is 2. The lowest BCUT2D eigenvalue weighted by Gasteiger charge is -2.45. The molecule has 5 heteroatoms. The summed E-state index contributed by atoms with van der Waals surface area (Å²) >= 11 is 0. The maximum Gasteiger partial charge on any atom is 0.245 e. The monoisotopic (exact) mass is 428 g/mol. The molecule has 0 unspecified atom stereocenters. The van der Waals surface area contributed by atoms with Crippen molar-refractivity contribution < 1.29 is 14.4 Å². The van der Waals surface area contributed by atoms with Gasteiger partial charge in [0.25, 0.3) is 0 Å². The molecule has 2 aliphatic heterocycles. The number of hydrogen-bond acceptors (Lipinski definition) is 3. The van der Waals surface area contributed by atoms with Crippen LogP contribution >= 0.6 is 0 Å². The SMILES string of the molecule is C[C@H](C(=O)N1CCCCCC1)N1C(=O)[C@H]2C3c4ccccc4C(c4ccccc43)[C@@H]2C1=O. The summed E-state index contributed by atoms with van der Waals surface area (Å²) in [5, 5.41) is 0. The zero-order valence-corrected chi connectivity index (χ0v) is 18.4. The Balaban J connectivity index is 1.40. The fourth-order valence-electron chi connectivity index (χ4n) is 6.75. The van der Waals surface area contributed by atoms with Crippen LogP contribution in [0.1, 0.15) is 66.7 Å². The van der Waals surface area contributed by atoms with Gasteiger partial charge < -0.3 is 4.90 Å². The van der Waals surface area contributed by atoms with Crippen molar-refractivity contribution >= 4 is 17.7 Å². The highest BCUT2D eigenvalue weighted by atomic mass is 16.2. The Morgan fingerprint density at radius 3 is 1.56 bits per heavy atom. The van der Waals surface area contributed by atoms with Gasteiger partial charge in [0.05, 0.1) is 11.8 Å². The fraction of sp³-hybridized carbons (Fsp3) is 0.444. The summed E-state index contributed by atoms with van der Waals surface area (Å²) in [4.78, 5) is 44.1. The fourth-order valence-corrected chi connectivity index (χ4v) is 6.75. The van der Waals surface area contributed by atoms with Gasteiger partial charge in [0.15, 0.2) is 0 Å². The van der Waals surface area contributed by atoms with Crippen LogP contribution in [0, 0.1) is 11.8 Å². The number of carbonyl (C=O) groups is 3. The minimum atomic E-state index is -0.746. The first-order valence-corrected chi connectivity index (χ1v) is 11.9. The van der Waals surface area contributed by atoms with Crippen LogP contribution in [0.25, 0.3) is 0 Å². The van der Waals surface area contributed by atoms with Gasteiger partial charge in [0.2, 0.25) is 17.7 Å². The van der Waals surface area contributed by atoms with E-state index in [1.807, 2.05) is 29.2 Å². The first kappa shape index (κ1) is 19.7. The van der Waals surface area contributed by atoms with E-state index in [1.54, 1.807) is 6.92 Å². The highest BCUT2D eigenvalue weighted by Crippen LogP contribution is 2.61. The summed E-state index contributed by atoms with van der Waals surface area (Å²) in [6.07, 6.45) is 4.23. The van der Waals surface area contributed by atoms with Gasteiger partial charge in [0.1, 0.15) is 6.04 Å². The molecule has 2 aromatic rings. The molecule has 7 rings (SSSR count). The minimum Gasteiger partial charge on any atom is -0.341 e. The first-order chi connectivity index (χ1) is 15.6. The van der Waals surface area contributed by atoms with Crippen LogP contribution in [-0.4, -0.2) is 46.7 Å². The molecule has 0 spiro atoms. The topological polar surface area (TPSA) is 57.7 Å². The predicted molar refractivity (Wildman–Crippen MR) is 120 cm³/mol. The molecule has 2 saturated heterocycles. The number of amides is 3. The quantitative estimate of drug-likeness (QED) is 0.686. The molecule has 2 bridgehead atoms. The molecule has 0 N–H and O–H groups in total. The van der Waals surface area contributed by atoms with Crippen molar-refractivity contribution in [2.24, 2.45) is 11.8 Å². The Morgan fingerprint density at radius 2 is 1.16 bits per heavy atom. The molecule has 3 atom stereocenters. The van der Waals surface area contributed by atoms with Gasteiger partial charge in [-0.25, -0.2) is 0 Å². The molecule has 5 nitrogen and oxygen atoms in total. The molecule has 32 heavy (non-hydrogen) atoms. The van der Waals surface area contributed by atoms with Crippen LogP contribution in [0.4, 0.5) is 0 Å². The van der Waals surface area contributed by atoms with Gasteiger partial charge >= 0.3 is 0 Å². The Morgan fingerprint density at radius 1 is 0.750 bits per heavy atom. The second-order valence-corrected chi connectivity index (χ2v) is 9.73. The number of hydrogen-bond donors (Lipinski definition) is 0. The third kappa shape index (κ3) is 2.60. The van der Waals surface area contributed by atoms with E-state index in [0.717, 1.165) is 47.9 Å². The van der Waals surface area contributed by atoms with Gasteiger partial charge in [-0.05, 0) is 42.0 Å². The van der Waals surface area contributed by atoms with Crippen LogP contribution in [0.3, 0.4) is 0 Å². The third-order valence-corrected chi connectivity index (χ3v) is 8.14. The Bertz CT molecular complexity index is 1000. The second-order valence-electron chi connectivity index (χ2n) is 9.73. The molecular formula is C27H28N2O3. The van der Waals surface area contributed by atoms with E-state index >= 15 is 0 Å². The smallest absolute Gasteiger partial charge is 0.245 e. The lowest BCUT2D eigenvalue weighted by atomic mass is 9.55. The average Bonchev–Trinajstić information content (AvgIpc) is 3.00. The highest BCUT2D eigenvalue weighted by molar-refractivity contribution is 6.10. The van der Waals surface area contributed by atoms with Crippen LogP contribution < -0.4 is 0 Å². The maximum atomic E-state index is 13.8. The summed E-state index contributed by atoms with van der Waals surface area (Å²) in [5.74, 6) is -1.52.